The molecule has 0 aromatic carbocycles. The second-order valence-corrected chi connectivity index (χ2v) is 3.99. The van der Waals surface area contributed by atoms with Crippen molar-refractivity contribution in [3.05, 3.63) is 0 Å². The summed E-state index contributed by atoms with van der Waals surface area (Å²) in [4.78, 5) is 2.07. The van der Waals surface area contributed by atoms with Crippen molar-refractivity contribution in [2.75, 3.05) is 19.7 Å². The Bertz CT molecular complexity index is 163. The summed E-state index contributed by atoms with van der Waals surface area (Å²) in [5, 5.41) is 28.2. The lowest BCUT2D eigenvalue weighted by Crippen LogP contribution is -2.56. The van der Waals surface area contributed by atoms with Crippen LogP contribution in [0.3, 0.4) is 0 Å². The van der Waals surface area contributed by atoms with Gasteiger partial charge in [-0.15, -0.1) is 0 Å². The molecule has 0 bridgehead atoms. The molecule has 0 aromatic heterocycles. The van der Waals surface area contributed by atoms with E-state index in [1.54, 1.807) is 0 Å². The monoisotopic (exact) mass is 203 g/mol. The minimum atomic E-state index is -0.800. The van der Waals surface area contributed by atoms with Crippen LogP contribution >= 0.6 is 0 Å². The molecule has 3 atom stereocenters. The van der Waals surface area contributed by atoms with Crippen molar-refractivity contribution >= 4 is 0 Å². The summed E-state index contributed by atoms with van der Waals surface area (Å²) in [6.45, 7) is 3.69. The largest absolute Gasteiger partial charge is 0.395 e. The Balaban J connectivity index is 2.48. The number of aliphatic hydroxyl groups excluding tert-OH is 3. The van der Waals surface area contributed by atoms with Crippen molar-refractivity contribution in [1.82, 2.24) is 4.90 Å². The first kappa shape index (κ1) is 11.9. The van der Waals surface area contributed by atoms with Crippen molar-refractivity contribution in [3.63, 3.8) is 0 Å². The molecule has 0 aromatic rings. The molecule has 1 saturated heterocycles. The average molecular weight is 203 g/mol. The van der Waals surface area contributed by atoms with Crippen LogP contribution < -0.4 is 0 Å². The van der Waals surface area contributed by atoms with Crippen LogP contribution in [0.4, 0.5) is 0 Å². The minimum absolute atomic E-state index is 0.0814. The fourth-order valence-corrected chi connectivity index (χ4v) is 1.97. The van der Waals surface area contributed by atoms with Gasteiger partial charge in [-0.05, 0) is 19.4 Å². The molecule has 0 unspecified atom stereocenters. The van der Waals surface area contributed by atoms with Crippen molar-refractivity contribution in [2.45, 2.75) is 44.4 Å². The van der Waals surface area contributed by atoms with E-state index in [0.717, 1.165) is 25.9 Å². The van der Waals surface area contributed by atoms with Crippen molar-refractivity contribution in [3.8, 4) is 0 Å². The van der Waals surface area contributed by atoms with Crippen LogP contribution in [0, 0.1) is 0 Å². The molecule has 1 heterocycles. The van der Waals surface area contributed by atoms with Gasteiger partial charge < -0.3 is 15.3 Å². The molecule has 0 radical (unpaired) electrons. The van der Waals surface area contributed by atoms with Crippen LogP contribution in [-0.2, 0) is 0 Å². The smallest absolute Gasteiger partial charge is 0.0976 e. The van der Waals surface area contributed by atoms with Gasteiger partial charge in [0.05, 0.1) is 24.9 Å². The molecular weight excluding hydrogens is 182 g/mol. The van der Waals surface area contributed by atoms with E-state index in [-0.39, 0.29) is 12.6 Å². The maximum atomic E-state index is 9.66. The molecule has 0 aliphatic carbocycles. The number of aliphatic hydroxyl groups is 3. The van der Waals surface area contributed by atoms with E-state index in [2.05, 4.69) is 11.8 Å². The molecule has 0 saturated carbocycles. The van der Waals surface area contributed by atoms with E-state index in [4.69, 9.17) is 5.11 Å². The molecule has 84 valence electrons. The summed E-state index contributed by atoms with van der Waals surface area (Å²) in [5.41, 5.74) is 0. The molecule has 1 aliphatic rings. The Morgan fingerprint density at radius 3 is 2.64 bits per heavy atom. The number of unbranched alkanes of at least 4 members (excludes halogenated alkanes) is 1. The minimum Gasteiger partial charge on any atom is -0.395 e. The zero-order chi connectivity index (χ0) is 10.6. The lowest BCUT2D eigenvalue weighted by molar-refractivity contribution is -0.0895. The van der Waals surface area contributed by atoms with Gasteiger partial charge in [-0.3, -0.25) is 4.90 Å². The van der Waals surface area contributed by atoms with E-state index in [1.165, 1.54) is 0 Å². The molecular formula is C10H21NO3. The van der Waals surface area contributed by atoms with Crippen molar-refractivity contribution in [2.24, 2.45) is 0 Å². The van der Waals surface area contributed by atoms with Crippen LogP contribution in [0.2, 0.25) is 0 Å². The lowest BCUT2D eigenvalue weighted by atomic mass is 9.96. The van der Waals surface area contributed by atoms with E-state index in [0.29, 0.717) is 6.42 Å². The summed E-state index contributed by atoms with van der Waals surface area (Å²) in [6.07, 6.45) is 1.30. The standard InChI is InChI=1S/C10H21NO3/c1-2-3-5-11-6-4-9(13)10(14)8(11)7-12/h8-10,12-14H,2-7H2,1H3/t8-,9-,10+/m1/s1. The zero-order valence-corrected chi connectivity index (χ0v) is 8.76. The highest BCUT2D eigenvalue weighted by molar-refractivity contribution is 4.88. The summed E-state index contributed by atoms with van der Waals surface area (Å²) in [5.74, 6) is 0. The van der Waals surface area contributed by atoms with Gasteiger partial charge in [-0.1, -0.05) is 13.3 Å². The fourth-order valence-electron chi connectivity index (χ4n) is 1.97. The van der Waals surface area contributed by atoms with Gasteiger partial charge in [0.2, 0.25) is 0 Å². The van der Waals surface area contributed by atoms with Gasteiger partial charge in [0.25, 0.3) is 0 Å². The predicted octanol–water partition coefficient (Wildman–Crippen LogP) is -0.425. The van der Waals surface area contributed by atoms with Gasteiger partial charge in [0.1, 0.15) is 0 Å². The molecule has 1 aliphatic heterocycles. The number of nitrogens with zero attached hydrogens (tertiary/aromatic N) is 1. The summed E-state index contributed by atoms with van der Waals surface area (Å²) < 4.78 is 0. The highest BCUT2D eigenvalue weighted by Crippen LogP contribution is 2.18. The maximum absolute atomic E-state index is 9.66. The molecule has 3 N–H and O–H groups in total. The van der Waals surface area contributed by atoms with Gasteiger partial charge in [-0.2, -0.15) is 0 Å². The number of hydrogen-bond donors (Lipinski definition) is 3. The summed E-state index contributed by atoms with van der Waals surface area (Å²) >= 11 is 0. The second kappa shape index (κ2) is 5.66. The molecule has 1 fully saturated rings. The third kappa shape index (κ3) is 2.67. The van der Waals surface area contributed by atoms with Crippen LogP contribution in [0.25, 0.3) is 0 Å². The summed E-state index contributed by atoms with van der Waals surface area (Å²) in [7, 11) is 0. The van der Waals surface area contributed by atoms with Crippen LogP contribution in [0.1, 0.15) is 26.2 Å². The van der Waals surface area contributed by atoms with Crippen molar-refractivity contribution < 1.29 is 15.3 Å². The van der Waals surface area contributed by atoms with E-state index >= 15 is 0 Å². The number of piperidine rings is 1. The Kier molecular flexibility index (Phi) is 4.81. The second-order valence-electron chi connectivity index (χ2n) is 3.99. The Labute approximate surface area is 85.2 Å². The first-order chi connectivity index (χ1) is 6.70. The third-order valence-electron chi connectivity index (χ3n) is 2.96. The van der Waals surface area contributed by atoms with E-state index in [1.807, 2.05) is 0 Å². The highest BCUT2D eigenvalue weighted by atomic mass is 16.3. The van der Waals surface area contributed by atoms with Gasteiger partial charge in [-0.25, -0.2) is 0 Å². The van der Waals surface area contributed by atoms with Crippen LogP contribution in [0.5, 0.6) is 0 Å². The first-order valence-corrected chi connectivity index (χ1v) is 5.41. The quantitative estimate of drug-likeness (QED) is 0.580. The Morgan fingerprint density at radius 2 is 2.07 bits per heavy atom. The average Bonchev–Trinajstić information content (AvgIpc) is 2.20. The number of rotatable bonds is 4. The SMILES string of the molecule is CCCCN1CC[C@@H](O)[C@@H](O)[C@H]1CO. The topological polar surface area (TPSA) is 63.9 Å². The first-order valence-electron chi connectivity index (χ1n) is 5.41. The Hall–Kier alpha value is -0.160. The van der Waals surface area contributed by atoms with Gasteiger partial charge >= 0.3 is 0 Å². The molecule has 4 nitrogen and oxygen atoms in total. The normalized spacial score (nSPS) is 34.7. The van der Waals surface area contributed by atoms with Crippen molar-refractivity contribution in [1.29, 1.82) is 0 Å². The Morgan fingerprint density at radius 1 is 1.36 bits per heavy atom. The number of likely N-dealkylation sites (tertiary alicyclic amines) is 1. The van der Waals surface area contributed by atoms with E-state index < -0.39 is 12.2 Å². The summed E-state index contributed by atoms with van der Waals surface area (Å²) in [6, 6.07) is -0.287. The molecule has 14 heavy (non-hydrogen) atoms. The van der Waals surface area contributed by atoms with Gasteiger partial charge in [0.15, 0.2) is 0 Å². The van der Waals surface area contributed by atoms with Crippen LogP contribution in [0.15, 0.2) is 0 Å². The predicted molar refractivity (Wildman–Crippen MR) is 54.0 cm³/mol. The molecule has 1 rings (SSSR count). The zero-order valence-electron chi connectivity index (χ0n) is 8.76. The third-order valence-corrected chi connectivity index (χ3v) is 2.96. The molecule has 4 heteroatoms. The number of hydrogen-bond acceptors (Lipinski definition) is 4. The maximum Gasteiger partial charge on any atom is 0.0976 e. The lowest BCUT2D eigenvalue weighted by Gasteiger charge is -2.40. The highest BCUT2D eigenvalue weighted by Gasteiger charge is 2.34. The molecule has 0 amide bonds. The van der Waals surface area contributed by atoms with E-state index in [9.17, 15) is 10.2 Å². The molecule has 0 spiro atoms. The fraction of sp³-hybridized carbons (Fsp3) is 1.00. The van der Waals surface area contributed by atoms with Crippen LogP contribution in [-0.4, -0.2) is 58.2 Å². The van der Waals surface area contributed by atoms with Gasteiger partial charge in [0, 0.05) is 6.54 Å².